The van der Waals surface area contributed by atoms with E-state index in [1.807, 2.05) is 13.8 Å². The van der Waals surface area contributed by atoms with Crippen LogP contribution in [-0.4, -0.2) is 29.5 Å². The topological polar surface area (TPSA) is 78.4 Å². The summed E-state index contributed by atoms with van der Waals surface area (Å²) in [5.41, 5.74) is 0.213. The molecule has 19 heavy (non-hydrogen) atoms. The second kappa shape index (κ2) is 7.41. The Hall–Kier alpha value is -2.04. The number of phenols is 1. The molecule has 5 heteroatoms. The number of rotatable bonds is 6. The Labute approximate surface area is 113 Å². The molecule has 1 unspecified atom stereocenters. The highest BCUT2D eigenvalue weighted by Gasteiger charge is 2.10. The lowest BCUT2D eigenvalue weighted by Crippen LogP contribution is -2.35. The van der Waals surface area contributed by atoms with Crippen molar-refractivity contribution in [3.8, 4) is 5.75 Å². The summed E-state index contributed by atoms with van der Waals surface area (Å²) in [6.45, 7) is 4.17. The molecule has 0 aliphatic carbocycles. The number of para-hydroxylation sites is 1. The molecule has 1 atom stereocenters. The van der Waals surface area contributed by atoms with Crippen molar-refractivity contribution in [3.63, 3.8) is 0 Å². The Morgan fingerprint density at radius 1 is 1.32 bits per heavy atom. The maximum atomic E-state index is 11.7. The normalized spacial score (nSPS) is 11.7. The Morgan fingerprint density at radius 3 is 2.63 bits per heavy atom. The molecule has 0 saturated heterocycles. The summed E-state index contributed by atoms with van der Waals surface area (Å²) >= 11 is 0. The van der Waals surface area contributed by atoms with E-state index in [9.17, 15) is 14.7 Å². The molecule has 0 saturated carbocycles. The Bertz CT molecular complexity index is 446. The maximum absolute atomic E-state index is 11.7. The van der Waals surface area contributed by atoms with E-state index in [1.54, 1.807) is 12.1 Å². The summed E-state index contributed by atoms with van der Waals surface area (Å²) in [7, 11) is 0. The van der Waals surface area contributed by atoms with Crippen molar-refractivity contribution < 1.29 is 14.7 Å². The van der Waals surface area contributed by atoms with Crippen LogP contribution in [0.5, 0.6) is 5.75 Å². The smallest absolute Gasteiger partial charge is 0.255 e. The quantitative estimate of drug-likeness (QED) is 0.727. The number of hydrogen-bond acceptors (Lipinski definition) is 3. The van der Waals surface area contributed by atoms with Gasteiger partial charge in [-0.1, -0.05) is 19.1 Å². The van der Waals surface area contributed by atoms with Crippen LogP contribution in [-0.2, 0) is 4.79 Å². The summed E-state index contributed by atoms with van der Waals surface area (Å²) < 4.78 is 0. The molecule has 0 spiro atoms. The van der Waals surface area contributed by atoms with Crippen LogP contribution in [0.3, 0.4) is 0 Å². The van der Waals surface area contributed by atoms with Gasteiger partial charge >= 0.3 is 0 Å². The number of carbonyl (C=O) groups excluding carboxylic acids is 2. The minimum atomic E-state index is -0.380. The van der Waals surface area contributed by atoms with Crippen molar-refractivity contribution in [2.75, 3.05) is 6.54 Å². The molecule has 1 aromatic rings. The fourth-order valence-corrected chi connectivity index (χ4v) is 1.50. The molecule has 5 nitrogen and oxygen atoms in total. The third kappa shape index (κ3) is 4.99. The van der Waals surface area contributed by atoms with Crippen LogP contribution in [0.4, 0.5) is 0 Å². The predicted molar refractivity (Wildman–Crippen MR) is 73.0 cm³/mol. The molecule has 0 aliphatic heterocycles. The van der Waals surface area contributed by atoms with E-state index in [0.29, 0.717) is 0 Å². The van der Waals surface area contributed by atoms with Gasteiger partial charge in [0.2, 0.25) is 5.91 Å². The fraction of sp³-hybridized carbons (Fsp3) is 0.429. The number of hydrogen-bond donors (Lipinski definition) is 3. The first kappa shape index (κ1) is 15.0. The van der Waals surface area contributed by atoms with Gasteiger partial charge in [0.05, 0.1) is 5.56 Å². The molecule has 0 heterocycles. The number of nitrogens with one attached hydrogen (secondary N) is 2. The lowest BCUT2D eigenvalue weighted by atomic mass is 10.2. The van der Waals surface area contributed by atoms with E-state index in [-0.39, 0.29) is 42.1 Å². The molecule has 104 valence electrons. The lowest BCUT2D eigenvalue weighted by Gasteiger charge is -2.11. The molecular formula is C14H20N2O3. The van der Waals surface area contributed by atoms with Crippen LogP contribution in [0.25, 0.3) is 0 Å². The van der Waals surface area contributed by atoms with Crippen molar-refractivity contribution in [2.24, 2.45) is 0 Å². The van der Waals surface area contributed by atoms with Crippen molar-refractivity contribution in [2.45, 2.75) is 32.7 Å². The van der Waals surface area contributed by atoms with E-state index in [4.69, 9.17) is 0 Å². The zero-order chi connectivity index (χ0) is 14.3. The standard InChI is InChI=1S/C14H20N2O3/c1-3-10(2)16-13(18)8-9-15-14(19)11-6-4-5-7-12(11)17/h4-7,10,17H,3,8-9H2,1-2H3,(H,15,19)(H,16,18). The highest BCUT2D eigenvalue weighted by Crippen LogP contribution is 2.14. The zero-order valence-electron chi connectivity index (χ0n) is 11.3. The molecular weight excluding hydrogens is 244 g/mol. The van der Waals surface area contributed by atoms with Gasteiger partial charge in [-0.15, -0.1) is 0 Å². The van der Waals surface area contributed by atoms with Gasteiger partial charge in [0.1, 0.15) is 5.75 Å². The van der Waals surface area contributed by atoms with Crippen LogP contribution in [0, 0.1) is 0 Å². The third-order valence-corrected chi connectivity index (χ3v) is 2.81. The molecule has 0 aliphatic rings. The van der Waals surface area contributed by atoms with Crippen LogP contribution in [0.1, 0.15) is 37.0 Å². The van der Waals surface area contributed by atoms with E-state index < -0.39 is 0 Å². The fourth-order valence-electron chi connectivity index (χ4n) is 1.50. The second-order valence-electron chi connectivity index (χ2n) is 4.40. The number of amides is 2. The average Bonchev–Trinajstić information content (AvgIpc) is 2.38. The average molecular weight is 264 g/mol. The summed E-state index contributed by atoms with van der Waals surface area (Å²) in [6.07, 6.45) is 1.10. The molecule has 0 aromatic heterocycles. The van der Waals surface area contributed by atoms with E-state index in [1.165, 1.54) is 12.1 Å². The number of aromatic hydroxyl groups is 1. The minimum Gasteiger partial charge on any atom is -0.507 e. The largest absolute Gasteiger partial charge is 0.507 e. The van der Waals surface area contributed by atoms with Gasteiger partial charge in [-0.05, 0) is 25.5 Å². The van der Waals surface area contributed by atoms with E-state index in [2.05, 4.69) is 10.6 Å². The van der Waals surface area contributed by atoms with Gasteiger partial charge in [-0.2, -0.15) is 0 Å². The van der Waals surface area contributed by atoms with Crippen LogP contribution in [0.15, 0.2) is 24.3 Å². The lowest BCUT2D eigenvalue weighted by molar-refractivity contribution is -0.121. The highest BCUT2D eigenvalue weighted by molar-refractivity contribution is 5.96. The summed E-state index contributed by atoms with van der Waals surface area (Å²) in [4.78, 5) is 23.2. The van der Waals surface area contributed by atoms with Crippen molar-refractivity contribution in [3.05, 3.63) is 29.8 Å². The first-order valence-corrected chi connectivity index (χ1v) is 6.40. The Balaban J connectivity index is 2.36. The third-order valence-electron chi connectivity index (χ3n) is 2.81. The maximum Gasteiger partial charge on any atom is 0.255 e. The van der Waals surface area contributed by atoms with Crippen LogP contribution in [0.2, 0.25) is 0 Å². The SMILES string of the molecule is CCC(C)NC(=O)CCNC(=O)c1ccccc1O. The zero-order valence-corrected chi connectivity index (χ0v) is 11.3. The van der Waals surface area contributed by atoms with Crippen molar-refractivity contribution in [1.82, 2.24) is 10.6 Å². The van der Waals surface area contributed by atoms with E-state index in [0.717, 1.165) is 6.42 Å². The van der Waals surface area contributed by atoms with Gasteiger partial charge < -0.3 is 15.7 Å². The molecule has 0 radical (unpaired) electrons. The van der Waals surface area contributed by atoms with Gasteiger partial charge in [0, 0.05) is 19.0 Å². The predicted octanol–water partition coefficient (Wildman–Crippen LogP) is 1.43. The number of phenolic OH excluding ortho intramolecular Hbond substituents is 1. The Morgan fingerprint density at radius 2 is 2.00 bits per heavy atom. The summed E-state index contributed by atoms with van der Waals surface area (Å²) in [6, 6.07) is 6.44. The summed E-state index contributed by atoms with van der Waals surface area (Å²) in [5, 5.41) is 14.9. The number of benzene rings is 1. The van der Waals surface area contributed by atoms with Gasteiger partial charge in [0.15, 0.2) is 0 Å². The van der Waals surface area contributed by atoms with Crippen molar-refractivity contribution in [1.29, 1.82) is 0 Å². The number of carbonyl (C=O) groups is 2. The molecule has 1 aromatic carbocycles. The first-order valence-electron chi connectivity index (χ1n) is 6.40. The molecule has 0 bridgehead atoms. The summed E-state index contributed by atoms with van der Waals surface area (Å²) in [5.74, 6) is -0.537. The van der Waals surface area contributed by atoms with Crippen LogP contribution >= 0.6 is 0 Å². The monoisotopic (exact) mass is 264 g/mol. The minimum absolute atomic E-state index is 0.0657. The second-order valence-corrected chi connectivity index (χ2v) is 4.40. The highest BCUT2D eigenvalue weighted by atomic mass is 16.3. The van der Waals surface area contributed by atoms with Gasteiger partial charge in [-0.3, -0.25) is 9.59 Å². The molecule has 3 N–H and O–H groups in total. The van der Waals surface area contributed by atoms with Crippen LogP contribution < -0.4 is 10.6 Å². The Kier molecular flexibility index (Phi) is 5.85. The molecule has 0 fully saturated rings. The van der Waals surface area contributed by atoms with Gasteiger partial charge in [0.25, 0.3) is 5.91 Å². The molecule has 2 amide bonds. The first-order chi connectivity index (χ1) is 9.04. The van der Waals surface area contributed by atoms with Gasteiger partial charge in [-0.25, -0.2) is 0 Å². The van der Waals surface area contributed by atoms with E-state index >= 15 is 0 Å². The van der Waals surface area contributed by atoms with Crippen molar-refractivity contribution >= 4 is 11.8 Å². The molecule has 1 rings (SSSR count).